The molecule has 2 aromatic rings. The molecule has 0 unspecified atom stereocenters. The molecule has 0 fully saturated rings. The van der Waals surface area contributed by atoms with Gasteiger partial charge >= 0.3 is 0 Å². The molecule has 0 bridgehead atoms. The van der Waals surface area contributed by atoms with Crippen LogP contribution in [0, 0.1) is 0 Å². The minimum atomic E-state index is 0.981. The van der Waals surface area contributed by atoms with E-state index < -0.39 is 0 Å². The topological polar surface area (TPSA) is 24.1 Å². The molecule has 2 heteroatoms. The maximum Gasteiger partial charge on any atom is 0.0405 e. The van der Waals surface area contributed by atoms with E-state index in [1.807, 2.05) is 18.2 Å². The highest BCUT2D eigenvalue weighted by Crippen LogP contribution is 2.23. The SMILES string of the molecule is CC/C=C\C=C1\C=C(Nc2cccc(Nc3ccccc3)c2)C=CC1. The first-order valence-electron chi connectivity index (χ1n) is 8.76. The summed E-state index contributed by atoms with van der Waals surface area (Å²) in [5, 5.41) is 6.92. The first kappa shape index (κ1) is 16.8. The first-order chi connectivity index (χ1) is 12.3. The van der Waals surface area contributed by atoms with Crippen LogP contribution in [-0.2, 0) is 0 Å². The van der Waals surface area contributed by atoms with Crippen molar-refractivity contribution in [3.8, 4) is 0 Å². The molecule has 0 aromatic heterocycles. The molecule has 0 saturated heterocycles. The molecular weight excluding hydrogens is 304 g/mol. The monoisotopic (exact) mass is 328 g/mol. The van der Waals surface area contributed by atoms with E-state index in [-0.39, 0.29) is 0 Å². The summed E-state index contributed by atoms with van der Waals surface area (Å²) in [6.07, 6.45) is 15.1. The molecule has 25 heavy (non-hydrogen) atoms. The van der Waals surface area contributed by atoms with Crippen LogP contribution in [0.3, 0.4) is 0 Å². The second kappa shape index (κ2) is 8.74. The van der Waals surface area contributed by atoms with Crippen molar-refractivity contribution in [2.45, 2.75) is 19.8 Å². The van der Waals surface area contributed by atoms with Gasteiger partial charge in [-0.25, -0.2) is 0 Å². The zero-order chi connectivity index (χ0) is 17.3. The molecule has 0 spiro atoms. The lowest BCUT2D eigenvalue weighted by molar-refractivity contribution is 1.21. The smallest absolute Gasteiger partial charge is 0.0405 e. The van der Waals surface area contributed by atoms with Crippen LogP contribution >= 0.6 is 0 Å². The van der Waals surface area contributed by atoms with Crippen molar-refractivity contribution in [2.24, 2.45) is 0 Å². The van der Waals surface area contributed by atoms with Crippen LogP contribution in [0.1, 0.15) is 19.8 Å². The number of hydrogen-bond acceptors (Lipinski definition) is 2. The van der Waals surface area contributed by atoms with E-state index >= 15 is 0 Å². The summed E-state index contributed by atoms with van der Waals surface area (Å²) < 4.78 is 0. The minimum absolute atomic E-state index is 0.981. The van der Waals surface area contributed by atoms with Crippen LogP contribution in [0.25, 0.3) is 0 Å². The van der Waals surface area contributed by atoms with Gasteiger partial charge in [0.15, 0.2) is 0 Å². The fraction of sp³-hybridized carbons (Fsp3) is 0.130. The van der Waals surface area contributed by atoms with Gasteiger partial charge in [-0.2, -0.15) is 0 Å². The van der Waals surface area contributed by atoms with Crippen molar-refractivity contribution in [3.63, 3.8) is 0 Å². The highest BCUT2D eigenvalue weighted by molar-refractivity contribution is 5.66. The molecule has 0 heterocycles. The zero-order valence-electron chi connectivity index (χ0n) is 14.6. The Labute approximate surface area is 150 Å². The fourth-order valence-corrected chi connectivity index (χ4v) is 2.68. The van der Waals surface area contributed by atoms with Gasteiger partial charge in [-0.1, -0.05) is 55.5 Å². The number of para-hydroxylation sites is 1. The normalized spacial score (nSPS) is 15.4. The predicted molar refractivity (Wildman–Crippen MR) is 109 cm³/mol. The van der Waals surface area contributed by atoms with Crippen LogP contribution in [0.5, 0.6) is 0 Å². The van der Waals surface area contributed by atoms with Crippen molar-refractivity contribution in [1.82, 2.24) is 0 Å². The maximum absolute atomic E-state index is 3.50. The van der Waals surface area contributed by atoms with Gasteiger partial charge in [-0.15, -0.1) is 0 Å². The maximum atomic E-state index is 3.50. The third-order valence-corrected chi connectivity index (χ3v) is 3.89. The molecule has 2 N–H and O–H groups in total. The Bertz CT molecular complexity index is 811. The summed E-state index contributed by atoms with van der Waals surface area (Å²) in [6, 6.07) is 18.5. The van der Waals surface area contributed by atoms with Gasteiger partial charge in [0.2, 0.25) is 0 Å². The second-order valence-corrected chi connectivity index (χ2v) is 5.98. The lowest BCUT2D eigenvalue weighted by Crippen LogP contribution is -2.01. The molecule has 1 aliphatic rings. The number of allylic oxidation sites excluding steroid dienone is 7. The Hall–Kier alpha value is -3.00. The predicted octanol–water partition coefficient (Wildman–Crippen LogP) is 6.58. The molecule has 0 amide bonds. The standard InChI is InChI=1S/C23H24N2/c1-2-3-5-10-19-11-8-14-21(17-19)25-23-16-9-15-22(18-23)24-20-12-6-4-7-13-20/h3-10,12-18,24-25H,2,11H2,1H3/b5-3-,19-10+. The summed E-state index contributed by atoms with van der Waals surface area (Å²) >= 11 is 0. The fourth-order valence-electron chi connectivity index (χ4n) is 2.68. The van der Waals surface area contributed by atoms with Crippen molar-refractivity contribution in [1.29, 1.82) is 0 Å². The number of benzene rings is 2. The van der Waals surface area contributed by atoms with Crippen molar-refractivity contribution in [3.05, 3.63) is 102 Å². The van der Waals surface area contributed by atoms with Gasteiger partial charge in [0.25, 0.3) is 0 Å². The third-order valence-electron chi connectivity index (χ3n) is 3.89. The molecule has 126 valence electrons. The lowest BCUT2D eigenvalue weighted by atomic mass is 10.0. The van der Waals surface area contributed by atoms with E-state index in [1.54, 1.807) is 0 Å². The van der Waals surface area contributed by atoms with Crippen LogP contribution in [0.15, 0.2) is 102 Å². The first-order valence-corrected chi connectivity index (χ1v) is 8.76. The van der Waals surface area contributed by atoms with Gasteiger partial charge in [0.1, 0.15) is 0 Å². The van der Waals surface area contributed by atoms with E-state index in [0.29, 0.717) is 0 Å². The Balaban J connectivity index is 1.70. The summed E-state index contributed by atoms with van der Waals surface area (Å²) in [5.41, 5.74) is 5.65. The number of anilines is 3. The van der Waals surface area contributed by atoms with Crippen molar-refractivity contribution < 1.29 is 0 Å². The van der Waals surface area contributed by atoms with Crippen LogP contribution in [-0.4, -0.2) is 0 Å². The molecule has 2 aromatic carbocycles. The van der Waals surface area contributed by atoms with Gasteiger partial charge in [-0.05, 0) is 60.9 Å². The Kier molecular flexibility index (Phi) is 5.89. The molecule has 0 aliphatic heterocycles. The second-order valence-electron chi connectivity index (χ2n) is 5.98. The average molecular weight is 328 g/mol. The molecular formula is C23H24N2. The Morgan fingerprint density at radius 3 is 2.48 bits per heavy atom. The molecule has 0 saturated carbocycles. The Morgan fingerprint density at radius 1 is 0.920 bits per heavy atom. The highest BCUT2D eigenvalue weighted by Gasteiger charge is 2.03. The molecule has 2 nitrogen and oxygen atoms in total. The van der Waals surface area contributed by atoms with Crippen molar-refractivity contribution >= 4 is 17.1 Å². The molecule has 0 atom stereocenters. The molecule has 1 aliphatic carbocycles. The quantitative estimate of drug-likeness (QED) is 0.626. The summed E-state index contributed by atoms with van der Waals surface area (Å²) in [7, 11) is 0. The highest BCUT2D eigenvalue weighted by atomic mass is 14.9. The summed E-state index contributed by atoms with van der Waals surface area (Å²) in [4.78, 5) is 0. The van der Waals surface area contributed by atoms with Gasteiger partial charge in [0.05, 0.1) is 0 Å². The third kappa shape index (κ3) is 5.25. The largest absolute Gasteiger partial charge is 0.355 e. The van der Waals surface area contributed by atoms with Crippen LogP contribution in [0.4, 0.5) is 17.1 Å². The van der Waals surface area contributed by atoms with Gasteiger partial charge < -0.3 is 10.6 Å². The van der Waals surface area contributed by atoms with Gasteiger partial charge in [0, 0.05) is 22.8 Å². The molecule has 3 rings (SSSR count). The number of nitrogens with one attached hydrogen (secondary N) is 2. The molecule has 0 radical (unpaired) electrons. The zero-order valence-corrected chi connectivity index (χ0v) is 14.6. The Morgan fingerprint density at radius 2 is 1.68 bits per heavy atom. The van der Waals surface area contributed by atoms with E-state index in [9.17, 15) is 0 Å². The van der Waals surface area contributed by atoms with Crippen LogP contribution < -0.4 is 10.6 Å². The summed E-state index contributed by atoms with van der Waals surface area (Å²) in [5.74, 6) is 0. The van der Waals surface area contributed by atoms with Crippen LogP contribution in [0.2, 0.25) is 0 Å². The number of rotatable bonds is 6. The lowest BCUT2D eigenvalue weighted by Gasteiger charge is -2.14. The number of hydrogen-bond donors (Lipinski definition) is 2. The van der Waals surface area contributed by atoms with Crippen molar-refractivity contribution in [2.75, 3.05) is 10.6 Å². The minimum Gasteiger partial charge on any atom is -0.355 e. The van der Waals surface area contributed by atoms with E-state index in [2.05, 4.69) is 90.4 Å². The average Bonchev–Trinajstić information content (AvgIpc) is 2.63. The van der Waals surface area contributed by atoms with E-state index in [1.165, 1.54) is 5.57 Å². The summed E-state index contributed by atoms with van der Waals surface area (Å²) in [6.45, 7) is 2.15. The van der Waals surface area contributed by atoms with Gasteiger partial charge in [-0.3, -0.25) is 0 Å². The van der Waals surface area contributed by atoms with E-state index in [4.69, 9.17) is 0 Å². The van der Waals surface area contributed by atoms with E-state index in [0.717, 1.165) is 35.6 Å².